The Hall–Kier alpha value is -1.75. The summed E-state index contributed by atoms with van der Waals surface area (Å²) in [5.41, 5.74) is 2.10. The zero-order valence-electron chi connectivity index (χ0n) is 11.1. The van der Waals surface area contributed by atoms with Crippen LogP contribution in [0.3, 0.4) is 0 Å². The topological polar surface area (TPSA) is 26.0 Å². The van der Waals surface area contributed by atoms with Crippen LogP contribution < -0.4 is 0 Å². The first-order chi connectivity index (χ1) is 9.49. The Morgan fingerprint density at radius 1 is 1.30 bits per heavy atom. The summed E-state index contributed by atoms with van der Waals surface area (Å²) in [6.45, 7) is 2.94. The smallest absolute Gasteiger partial charge is 0.270 e. The third-order valence-corrected chi connectivity index (χ3v) is 4.16. The second-order valence-electron chi connectivity index (χ2n) is 4.72. The Bertz CT molecular complexity index is 755. The predicted molar refractivity (Wildman–Crippen MR) is 76.3 cm³/mol. The normalized spacial score (nSPS) is 12.2. The van der Waals surface area contributed by atoms with Gasteiger partial charge >= 0.3 is 0 Å². The van der Waals surface area contributed by atoms with Crippen molar-refractivity contribution in [1.29, 1.82) is 0 Å². The van der Waals surface area contributed by atoms with Gasteiger partial charge in [0, 0.05) is 12.5 Å². The maximum Gasteiger partial charge on any atom is 0.270 e. The molecule has 2 aromatic heterocycles. The molecular formula is C15H13F2NOS. The van der Waals surface area contributed by atoms with E-state index in [9.17, 15) is 8.78 Å². The molecule has 0 atom stereocenters. The molecular weight excluding hydrogens is 280 g/mol. The molecule has 0 aliphatic carbocycles. The van der Waals surface area contributed by atoms with Crippen LogP contribution in [0.15, 0.2) is 34.1 Å². The number of rotatable bonds is 3. The molecule has 1 aromatic carbocycles. The van der Waals surface area contributed by atoms with Crippen molar-refractivity contribution in [3.63, 3.8) is 0 Å². The number of nitrogens with zero attached hydrogens (tertiary/aromatic N) is 1. The van der Waals surface area contributed by atoms with Gasteiger partial charge in [0.15, 0.2) is 5.58 Å². The second kappa shape index (κ2) is 4.66. The average Bonchev–Trinajstić information content (AvgIpc) is 3.02. The average molecular weight is 293 g/mol. The molecule has 0 bridgehead atoms. The van der Waals surface area contributed by atoms with Crippen LogP contribution >= 0.6 is 11.3 Å². The summed E-state index contributed by atoms with van der Waals surface area (Å²) in [5.74, 6) is -2.37. The predicted octanol–water partition coefficient (Wildman–Crippen LogP) is 5.23. The molecule has 0 unspecified atom stereocenters. The highest BCUT2D eigenvalue weighted by Gasteiger charge is 2.25. The lowest BCUT2D eigenvalue weighted by molar-refractivity contribution is 0.0176. The van der Waals surface area contributed by atoms with Crippen LogP contribution in [-0.2, 0) is 12.3 Å². The molecule has 0 radical (unpaired) electrons. The van der Waals surface area contributed by atoms with Crippen molar-refractivity contribution in [1.82, 2.24) is 4.98 Å². The Morgan fingerprint density at radius 2 is 2.10 bits per heavy atom. The van der Waals surface area contributed by atoms with E-state index < -0.39 is 5.92 Å². The first kappa shape index (κ1) is 13.2. The summed E-state index contributed by atoms with van der Waals surface area (Å²) in [6, 6.07) is 6.35. The van der Waals surface area contributed by atoms with E-state index in [1.165, 1.54) is 12.1 Å². The van der Waals surface area contributed by atoms with Crippen LogP contribution in [-0.4, -0.2) is 4.98 Å². The zero-order chi connectivity index (χ0) is 14.3. The molecule has 0 N–H and O–H groups in total. The van der Waals surface area contributed by atoms with Crippen LogP contribution in [0.4, 0.5) is 8.78 Å². The van der Waals surface area contributed by atoms with Gasteiger partial charge in [0.1, 0.15) is 5.52 Å². The molecule has 2 heterocycles. The van der Waals surface area contributed by atoms with Gasteiger partial charge in [-0.3, -0.25) is 0 Å². The van der Waals surface area contributed by atoms with Gasteiger partial charge in [-0.15, -0.1) is 11.3 Å². The number of aryl methyl sites for hydroxylation is 1. The largest absolute Gasteiger partial charge is 0.435 e. The molecule has 5 heteroatoms. The number of hydrogen-bond acceptors (Lipinski definition) is 3. The van der Waals surface area contributed by atoms with Gasteiger partial charge in [0.25, 0.3) is 5.92 Å². The molecule has 0 aliphatic rings. The fourth-order valence-corrected chi connectivity index (χ4v) is 3.02. The Labute approximate surface area is 119 Å². The molecule has 0 spiro atoms. The van der Waals surface area contributed by atoms with Crippen LogP contribution in [0, 0.1) is 0 Å². The third-order valence-electron chi connectivity index (χ3n) is 3.22. The molecule has 20 heavy (non-hydrogen) atoms. The summed E-state index contributed by atoms with van der Waals surface area (Å²) >= 11 is 1.55. The van der Waals surface area contributed by atoms with Crippen LogP contribution in [0.1, 0.15) is 25.0 Å². The number of hydrogen-bond donors (Lipinski definition) is 0. The maximum absolute atomic E-state index is 13.3. The highest BCUT2D eigenvalue weighted by molar-refractivity contribution is 7.13. The molecule has 2 nitrogen and oxygen atoms in total. The van der Waals surface area contributed by atoms with Gasteiger partial charge in [-0.1, -0.05) is 6.92 Å². The van der Waals surface area contributed by atoms with Gasteiger partial charge in [0.2, 0.25) is 5.89 Å². The summed E-state index contributed by atoms with van der Waals surface area (Å²) in [7, 11) is 0. The van der Waals surface area contributed by atoms with E-state index in [-0.39, 0.29) is 5.56 Å². The van der Waals surface area contributed by atoms with Crippen molar-refractivity contribution in [2.45, 2.75) is 26.2 Å². The summed E-state index contributed by atoms with van der Waals surface area (Å²) in [4.78, 5) is 5.31. The second-order valence-corrected chi connectivity index (χ2v) is 5.63. The number of fused-ring (bicyclic) bond motifs is 1. The van der Waals surface area contributed by atoms with Gasteiger partial charge in [-0.25, -0.2) is 13.8 Å². The lowest BCUT2D eigenvalue weighted by atomic mass is 10.1. The van der Waals surface area contributed by atoms with Crippen molar-refractivity contribution >= 4 is 22.4 Å². The molecule has 0 amide bonds. The molecule has 104 valence electrons. The minimum atomic E-state index is -2.87. The zero-order valence-corrected chi connectivity index (χ0v) is 11.9. The summed E-state index contributed by atoms with van der Waals surface area (Å²) in [5, 5.41) is 1.98. The van der Waals surface area contributed by atoms with Gasteiger partial charge in [-0.05, 0) is 41.6 Å². The number of thiophene rings is 1. The van der Waals surface area contributed by atoms with E-state index in [1.54, 1.807) is 17.4 Å². The van der Waals surface area contributed by atoms with E-state index in [0.29, 0.717) is 17.0 Å². The lowest BCUT2D eigenvalue weighted by Gasteiger charge is -2.09. The van der Waals surface area contributed by atoms with E-state index in [1.807, 2.05) is 11.4 Å². The van der Waals surface area contributed by atoms with Gasteiger partial charge in [0.05, 0.1) is 4.88 Å². The Morgan fingerprint density at radius 3 is 2.80 bits per heavy atom. The quantitative estimate of drug-likeness (QED) is 0.661. The van der Waals surface area contributed by atoms with Crippen LogP contribution in [0.2, 0.25) is 0 Å². The number of oxazole rings is 1. The molecule has 3 rings (SSSR count). The first-order valence-corrected chi connectivity index (χ1v) is 7.22. The minimum absolute atomic E-state index is 0.0493. The molecule has 0 fully saturated rings. The van der Waals surface area contributed by atoms with Crippen molar-refractivity contribution in [2.24, 2.45) is 0 Å². The third kappa shape index (κ3) is 2.22. The van der Waals surface area contributed by atoms with Crippen molar-refractivity contribution in [3.8, 4) is 10.8 Å². The van der Waals surface area contributed by atoms with E-state index in [2.05, 4.69) is 11.9 Å². The van der Waals surface area contributed by atoms with Gasteiger partial charge < -0.3 is 4.42 Å². The molecule has 0 aliphatic heterocycles. The highest BCUT2D eigenvalue weighted by atomic mass is 32.1. The lowest BCUT2D eigenvalue weighted by Crippen LogP contribution is -2.06. The number of alkyl halides is 2. The first-order valence-electron chi connectivity index (χ1n) is 6.34. The van der Waals surface area contributed by atoms with Crippen LogP contribution in [0.5, 0.6) is 0 Å². The van der Waals surface area contributed by atoms with Crippen molar-refractivity contribution in [2.75, 3.05) is 0 Å². The van der Waals surface area contributed by atoms with Gasteiger partial charge in [-0.2, -0.15) is 0 Å². The SMILES string of the molecule is CCc1ccsc1-c1nc2cc(C(C)(F)F)ccc2o1. The number of halogens is 2. The summed E-state index contributed by atoms with van der Waals surface area (Å²) in [6.07, 6.45) is 0.885. The van der Waals surface area contributed by atoms with Crippen molar-refractivity contribution < 1.29 is 13.2 Å². The van der Waals surface area contributed by atoms with Crippen molar-refractivity contribution in [3.05, 3.63) is 40.8 Å². The molecule has 0 saturated carbocycles. The van der Waals surface area contributed by atoms with E-state index in [4.69, 9.17) is 4.42 Å². The fraction of sp³-hybridized carbons (Fsp3) is 0.267. The summed E-state index contributed by atoms with van der Waals surface area (Å²) < 4.78 is 32.3. The van der Waals surface area contributed by atoms with Crippen LogP contribution in [0.25, 0.3) is 21.9 Å². The Kier molecular flexibility index (Phi) is 3.09. The molecule has 0 saturated heterocycles. The minimum Gasteiger partial charge on any atom is -0.435 e. The Balaban J connectivity index is 2.12. The number of aromatic nitrogens is 1. The standard InChI is InChI=1S/C15H13F2NOS/c1-3-9-6-7-20-13(9)14-18-11-8-10(15(2,16)17)4-5-12(11)19-14/h4-8H,3H2,1-2H3. The monoisotopic (exact) mass is 293 g/mol. The fourth-order valence-electron chi connectivity index (χ4n) is 2.10. The highest BCUT2D eigenvalue weighted by Crippen LogP contribution is 2.34. The van der Waals surface area contributed by atoms with E-state index in [0.717, 1.165) is 23.8 Å². The number of benzene rings is 1. The van der Waals surface area contributed by atoms with E-state index >= 15 is 0 Å². The molecule has 3 aromatic rings. The maximum atomic E-state index is 13.3.